The Morgan fingerprint density at radius 3 is 2.32 bits per heavy atom. The van der Waals surface area contributed by atoms with Crippen molar-refractivity contribution < 1.29 is 4.79 Å². The number of piperazine rings is 1. The molecule has 1 aromatic heterocycles. The lowest BCUT2D eigenvalue weighted by molar-refractivity contribution is -0.123. The molecule has 1 atom stereocenters. The number of benzene rings is 2. The number of hydrogen-bond acceptors (Lipinski definition) is 6. The van der Waals surface area contributed by atoms with E-state index in [4.69, 9.17) is 17.3 Å². The van der Waals surface area contributed by atoms with Gasteiger partial charge in [-0.2, -0.15) is 4.68 Å². The first-order valence-corrected chi connectivity index (χ1v) is 9.39. The zero-order valence-corrected chi connectivity index (χ0v) is 15.9. The standard InChI is InChI=1S/C19H20ClN7O/c20-15-8-6-14(7-9-15)17(18(21)28)25-10-12-26(13-11-25)19-22-23-24-27(19)16-4-2-1-3-5-16/h1-9,17H,10-13H2,(H2,21,28). The van der Waals surface area contributed by atoms with Gasteiger partial charge in [0.25, 0.3) is 0 Å². The molecule has 0 saturated carbocycles. The van der Waals surface area contributed by atoms with E-state index in [9.17, 15) is 4.79 Å². The second-order valence-electron chi connectivity index (χ2n) is 6.61. The molecule has 0 radical (unpaired) electrons. The molecule has 1 aliphatic rings. The molecule has 144 valence electrons. The number of amides is 1. The van der Waals surface area contributed by atoms with Gasteiger partial charge in [0.2, 0.25) is 11.9 Å². The molecule has 3 aromatic rings. The number of nitrogens with zero attached hydrogens (tertiary/aromatic N) is 6. The number of primary amides is 1. The van der Waals surface area contributed by atoms with Crippen LogP contribution in [0.15, 0.2) is 54.6 Å². The van der Waals surface area contributed by atoms with Gasteiger partial charge in [-0.1, -0.05) is 47.0 Å². The third-order valence-corrected chi connectivity index (χ3v) is 5.12. The van der Waals surface area contributed by atoms with Crippen LogP contribution in [-0.2, 0) is 4.79 Å². The van der Waals surface area contributed by atoms with E-state index in [1.165, 1.54) is 0 Å². The predicted molar refractivity (Wildman–Crippen MR) is 106 cm³/mol. The van der Waals surface area contributed by atoms with Crippen LogP contribution in [0.25, 0.3) is 5.69 Å². The molecular weight excluding hydrogens is 378 g/mol. The maximum absolute atomic E-state index is 12.1. The summed E-state index contributed by atoms with van der Waals surface area (Å²) in [5.74, 6) is 0.317. The van der Waals surface area contributed by atoms with Gasteiger partial charge >= 0.3 is 0 Å². The fraction of sp³-hybridized carbons (Fsp3) is 0.263. The Labute approximate surface area is 167 Å². The highest BCUT2D eigenvalue weighted by Crippen LogP contribution is 2.25. The molecule has 9 heteroatoms. The fourth-order valence-corrected chi connectivity index (χ4v) is 3.62. The molecule has 1 aliphatic heterocycles. The lowest BCUT2D eigenvalue weighted by Crippen LogP contribution is -2.51. The van der Waals surface area contributed by atoms with Crippen LogP contribution < -0.4 is 10.6 Å². The van der Waals surface area contributed by atoms with Gasteiger partial charge < -0.3 is 10.6 Å². The molecule has 4 rings (SSSR count). The fourth-order valence-electron chi connectivity index (χ4n) is 3.50. The highest BCUT2D eigenvalue weighted by Gasteiger charge is 2.30. The van der Waals surface area contributed by atoms with Crippen LogP contribution in [-0.4, -0.2) is 57.2 Å². The summed E-state index contributed by atoms with van der Waals surface area (Å²) in [5, 5.41) is 12.8. The highest BCUT2D eigenvalue weighted by atomic mass is 35.5. The first-order valence-electron chi connectivity index (χ1n) is 9.01. The molecule has 2 aromatic carbocycles. The summed E-state index contributed by atoms with van der Waals surface area (Å²) < 4.78 is 1.72. The quantitative estimate of drug-likeness (QED) is 0.703. The van der Waals surface area contributed by atoms with E-state index in [0.717, 1.165) is 11.3 Å². The number of carbonyl (C=O) groups excluding carboxylic acids is 1. The van der Waals surface area contributed by atoms with E-state index in [0.29, 0.717) is 37.1 Å². The van der Waals surface area contributed by atoms with E-state index in [1.54, 1.807) is 16.8 Å². The van der Waals surface area contributed by atoms with E-state index in [2.05, 4.69) is 25.3 Å². The second kappa shape index (κ2) is 7.95. The van der Waals surface area contributed by atoms with Gasteiger partial charge in [-0.15, -0.1) is 0 Å². The van der Waals surface area contributed by atoms with Crippen LogP contribution in [0.3, 0.4) is 0 Å². The van der Waals surface area contributed by atoms with Gasteiger partial charge in [-0.3, -0.25) is 9.69 Å². The van der Waals surface area contributed by atoms with Crippen molar-refractivity contribution in [2.45, 2.75) is 6.04 Å². The van der Waals surface area contributed by atoms with E-state index >= 15 is 0 Å². The molecular formula is C19H20ClN7O. The first-order chi connectivity index (χ1) is 13.6. The van der Waals surface area contributed by atoms with E-state index < -0.39 is 6.04 Å². The smallest absolute Gasteiger partial charge is 0.250 e. The zero-order valence-electron chi connectivity index (χ0n) is 15.1. The summed E-state index contributed by atoms with van der Waals surface area (Å²) in [6.07, 6.45) is 0. The van der Waals surface area contributed by atoms with E-state index in [-0.39, 0.29) is 5.91 Å². The van der Waals surface area contributed by atoms with Gasteiger partial charge in [0, 0.05) is 31.2 Å². The Morgan fingerprint density at radius 1 is 1.00 bits per heavy atom. The van der Waals surface area contributed by atoms with Crippen LogP contribution in [0.4, 0.5) is 5.95 Å². The SMILES string of the molecule is NC(=O)C(c1ccc(Cl)cc1)N1CCN(c2nnnn2-c2ccccc2)CC1. The maximum atomic E-state index is 12.1. The minimum Gasteiger partial charge on any atom is -0.368 e. The molecule has 28 heavy (non-hydrogen) atoms. The molecule has 0 spiro atoms. The van der Waals surface area contributed by atoms with Crippen molar-refractivity contribution >= 4 is 23.5 Å². The molecule has 1 saturated heterocycles. The molecule has 1 unspecified atom stereocenters. The van der Waals surface area contributed by atoms with Crippen LogP contribution >= 0.6 is 11.6 Å². The number of hydrogen-bond donors (Lipinski definition) is 1. The molecule has 1 fully saturated rings. The van der Waals surface area contributed by atoms with Gasteiger partial charge in [-0.25, -0.2) is 0 Å². The van der Waals surface area contributed by atoms with Crippen molar-refractivity contribution in [2.24, 2.45) is 5.73 Å². The lowest BCUT2D eigenvalue weighted by Gasteiger charge is -2.38. The van der Waals surface area contributed by atoms with Crippen molar-refractivity contribution in [2.75, 3.05) is 31.1 Å². The average Bonchev–Trinajstić information content (AvgIpc) is 3.20. The third kappa shape index (κ3) is 3.69. The Morgan fingerprint density at radius 2 is 1.68 bits per heavy atom. The molecule has 2 N–H and O–H groups in total. The van der Waals surface area contributed by atoms with Crippen molar-refractivity contribution in [1.29, 1.82) is 0 Å². The summed E-state index contributed by atoms with van der Waals surface area (Å²) in [6.45, 7) is 2.70. The number of para-hydroxylation sites is 1. The minimum absolute atomic E-state index is 0.370. The number of anilines is 1. The number of rotatable bonds is 5. The monoisotopic (exact) mass is 397 g/mol. The minimum atomic E-state index is -0.482. The zero-order chi connectivity index (χ0) is 19.5. The molecule has 2 heterocycles. The van der Waals surface area contributed by atoms with Gasteiger partial charge in [-0.05, 0) is 40.3 Å². The topological polar surface area (TPSA) is 93.2 Å². The van der Waals surface area contributed by atoms with Crippen LogP contribution in [0.1, 0.15) is 11.6 Å². The number of carbonyl (C=O) groups is 1. The molecule has 8 nitrogen and oxygen atoms in total. The summed E-state index contributed by atoms with van der Waals surface area (Å²) in [7, 11) is 0. The molecule has 0 aliphatic carbocycles. The van der Waals surface area contributed by atoms with Crippen molar-refractivity contribution in [3.8, 4) is 5.69 Å². The second-order valence-corrected chi connectivity index (χ2v) is 7.04. The Hall–Kier alpha value is -2.97. The van der Waals surface area contributed by atoms with Crippen molar-refractivity contribution in [3.63, 3.8) is 0 Å². The number of tetrazole rings is 1. The van der Waals surface area contributed by atoms with Crippen LogP contribution in [0.5, 0.6) is 0 Å². The highest BCUT2D eigenvalue weighted by molar-refractivity contribution is 6.30. The number of nitrogens with two attached hydrogens (primary N) is 1. The number of aromatic nitrogens is 4. The van der Waals surface area contributed by atoms with Gasteiger partial charge in [0.15, 0.2) is 0 Å². The summed E-state index contributed by atoms with van der Waals surface area (Å²) in [5.41, 5.74) is 7.45. The summed E-state index contributed by atoms with van der Waals surface area (Å²) in [6, 6.07) is 16.5. The normalized spacial score (nSPS) is 16.1. The number of halogens is 1. The average molecular weight is 398 g/mol. The largest absolute Gasteiger partial charge is 0.368 e. The predicted octanol–water partition coefficient (Wildman–Crippen LogP) is 1.66. The van der Waals surface area contributed by atoms with E-state index in [1.807, 2.05) is 42.5 Å². The van der Waals surface area contributed by atoms with Crippen molar-refractivity contribution in [1.82, 2.24) is 25.1 Å². The Bertz CT molecular complexity index is 936. The molecule has 0 bridgehead atoms. The van der Waals surface area contributed by atoms with Crippen LogP contribution in [0, 0.1) is 0 Å². The summed E-state index contributed by atoms with van der Waals surface area (Å²) >= 11 is 5.97. The Kier molecular flexibility index (Phi) is 5.23. The Balaban J connectivity index is 1.50. The van der Waals surface area contributed by atoms with Crippen molar-refractivity contribution in [3.05, 3.63) is 65.2 Å². The van der Waals surface area contributed by atoms with Gasteiger partial charge in [0.1, 0.15) is 6.04 Å². The first kappa shape index (κ1) is 18.4. The molecule has 1 amide bonds. The van der Waals surface area contributed by atoms with Gasteiger partial charge in [0.05, 0.1) is 5.69 Å². The lowest BCUT2D eigenvalue weighted by atomic mass is 10.0. The third-order valence-electron chi connectivity index (χ3n) is 4.87. The van der Waals surface area contributed by atoms with Crippen LogP contribution in [0.2, 0.25) is 5.02 Å². The summed E-state index contributed by atoms with van der Waals surface area (Å²) in [4.78, 5) is 16.3. The maximum Gasteiger partial charge on any atom is 0.250 e.